The number of hydrogen-bond acceptors (Lipinski definition) is 6. The summed E-state index contributed by atoms with van der Waals surface area (Å²) in [6.07, 6.45) is -0.0364. The molecule has 0 aromatic rings. The summed E-state index contributed by atoms with van der Waals surface area (Å²) >= 11 is 0. The maximum Gasteiger partial charge on any atom is 0.309 e. The lowest BCUT2D eigenvalue weighted by Gasteiger charge is -2.27. The Hall–Kier alpha value is -1.59. The van der Waals surface area contributed by atoms with Gasteiger partial charge in [-0.25, -0.2) is 0 Å². The average Bonchev–Trinajstić information content (AvgIpc) is 2.89. The van der Waals surface area contributed by atoms with Gasteiger partial charge in [-0.1, -0.05) is 0 Å². The maximum atomic E-state index is 11.7. The Balaban J connectivity index is 1.85. The van der Waals surface area contributed by atoms with E-state index in [1.807, 2.05) is 0 Å². The van der Waals surface area contributed by atoms with Gasteiger partial charge in [0.15, 0.2) is 0 Å². The molecule has 0 aromatic carbocycles. The molecule has 3 fully saturated rings. The second-order valence-corrected chi connectivity index (χ2v) is 5.52. The highest BCUT2D eigenvalue weighted by atomic mass is 16.6. The summed E-state index contributed by atoms with van der Waals surface area (Å²) in [5, 5.41) is 0. The predicted octanol–water partition coefficient (Wildman–Crippen LogP) is 0.289. The van der Waals surface area contributed by atoms with Crippen LogP contribution in [0.15, 0.2) is 0 Å². The molecule has 1 aliphatic heterocycles. The fourth-order valence-corrected chi connectivity index (χ4v) is 4.02. The number of esters is 3. The topological polar surface area (TPSA) is 78.9 Å². The first-order valence-corrected chi connectivity index (χ1v) is 6.50. The molecule has 0 amide bonds. The van der Waals surface area contributed by atoms with Gasteiger partial charge in [0.2, 0.25) is 0 Å². The van der Waals surface area contributed by atoms with E-state index in [1.165, 1.54) is 13.8 Å². The molecule has 3 aliphatic rings. The van der Waals surface area contributed by atoms with Crippen LogP contribution >= 0.6 is 0 Å². The number of fused-ring (bicyclic) bond motifs is 5. The molecule has 1 saturated heterocycles. The molecule has 3 rings (SSSR count). The minimum atomic E-state index is -0.364. The molecule has 1 heterocycles. The van der Waals surface area contributed by atoms with E-state index in [-0.39, 0.29) is 53.8 Å². The van der Waals surface area contributed by atoms with Crippen molar-refractivity contribution in [3.05, 3.63) is 0 Å². The Bertz CT molecular complexity index is 444. The van der Waals surface area contributed by atoms with Crippen molar-refractivity contribution in [1.29, 1.82) is 0 Å². The van der Waals surface area contributed by atoms with Crippen LogP contribution < -0.4 is 0 Å². The van der Waals surface area contributed by atoms with E-state index in [0.717, 1.165) is 0 Å². The summed E-state index contributed by atoms with van der Waals surface area (Å²) in [4.78, 5) is 34.1. The van der Waals surface area contributed by atoms with Crippen molar-refractivity contribution in [2.45, 2.75) is 32.5 Å². The van der Waals surface area contributed by atoms with Crippen molar-refractivity contribution in [3.8, 4) is 0 Å². The second-order valence-electron chi connectivity index (χ2n) is 5.52. The van der Waals surface area contributed by atoms with E-state index in [0.29, 0.717) is 13.0 Å². The van der Waals surface area contributed by atoms with Crippen molar-refractivity contribution < 1.29 is 28.6 Å². The minimum absolute atomic E-state index is 0.0000463. The molecule has 2 aliphatic carbocycles. The molecule has 0 N–H and O–H groups in total. The first kappa shape index (κ1) is 12.4. The quantitative estimate of drug-likeness (QED) is 0.529. The van der Waals surface area contributed by atoms with Crippen LogP contribution in [0, 0.1) is 23.7 Å². The predicted molar refractivity (Wildman–Crippen MR) is 60.6 cm³/mol. The van der Waals surface area contributed by atoms with Gasteiger partial charge in [0.25, 0.3) is 0 Å². The third kappa shape index (κ3) is 1.81. The van der Waals surface area contributed by atoms with Crippen molar-refractivity contribution >= 4 is 17.9 Å². The van der Waals surface area contributed by atoms with Crippen LogP contribution in [0.4, 0.5) is 0 Å². The van der Waals surface area contributed by atoms with Gasteiger partial charge in [-0.15, -0.1) is 0 Å². The van der Waals surface area contributed by atoms with Crippen molar-refractivity contribution in [1.82, 2.24) is 0 Å². The SMILES string of the molecule is CC(=O)O[C@@H]1[C@@H]2C[C@H](OC(C)=O)[C@H]1[C@H]1COC(=O)[C@@H]21. The van der Waals surface area contributed by atoms with Crippen LogP contribution in [0.1, 0.15) is 20.3 Å². The Morgan fingerprint density at radius 1 is 1.16 bits per heavy atom. The van der Waals surface area contributed by atoms with Crippen LogP contribution in [-0.2, 0) is 28.6 Å². The molecule has 0 unspecified atom stereocenters. The highest BCUT2D eigenvalue weighted by Gasteiger charge is 2.66. The molecular weight excluding hydrogens is 252 g/mol. The normalized spacial score (nSPS) is 42.7. The summed E-state index contributed by atoms with van der Waals surface area (Å²) in [5.41, 5.74) is 0. The largest absolute Gasteiger partial charge is 0.465 e. The van der Waals surface area contributed by atoms with E-state index >= 15 is 0 Å². The van der Waals surface area contributed by atoms with Crippen LogP contribution in [0.2, 0.25) is 0 Å². The Labute approximate surface area is 110 Å². The zero-order valence-corrected chi connectivity index (χ0v) is 10.8. The van der Waals surface area contributed by atoms with Gasteiger partial charge in [0, 0.05) is 31.6 Å². The lowest BCUT2D eigenvalue weighted by atomic mass is 9.80. The summed E-state index contributed by atoms with van der Waals surface area (Å²) in [6, 6.07) is 0. The van der Waals surface area contributed by atoms with Crippen molar-refractivity contribution in [2.24, 2.45) is 23.7 Å². The summed E-state index contributed by atoms with van der Waals surface area (Å²) in [5.74, 6) is -1.33. The molecule has 6 heteroatoms. The van der Waals surface area contributed by atoms with Gasteiger partial charge < -0.3 is 14.2 Å². The van der Waals surface area contributed by atoms with E-state index < -0.39 is 0 Å². The van der Waals surface area contributed by atoms with Gasteiger partial charge in [0.1, 0.15) is 12.2 Å². The lowest BCUT2D eigenvalue weighted by Crippen LogP contribution is -2.35. The second kappa shape index (κ2) is 4.21. The molecule has 6 atom stereocenters. The van der Waals surface area contributed by atoms with Crippen molar-refractivity contribution in [3.63, 3.8) is 0 Å². The number of ether oxygens (including phenoxy) is 3. The fraction of sp³-hybridized carbons (Fsp3) is 0.769. The van der Waals surface area contributed by atoms with E-state index in [9.17, 15) is 14.4 Å². The number of cyclic esters (lactones) is 1. The first-order chi connectivity index (χ1) is 8.99. The van der Waals surface area contributed by atoms with Crippen molar-refractivity contribution in [2.75, 3.05) is 6.61 Å². The van der Waals surface area contributed by atoms with Crippen LogP contribution in [-0.4, -0.2) is 36.7 Å². The summed E-state index contributed by atoms with van der Waals surface area (Å²) in [6.45, 7) is 3.05. The van der Waals surface area contributed by atoms with Gasteiger partial charge in [-0.2, -0.15) is 0 Å². The number of hydrogen-bond donors (Lipinski definition) is 0. The third-order valence-electron chi connectivity index (χ3n) is 4.46. The zero-order chi connectivity index (χ0) is 13.7. The Morgan fingerprint density at radius 3 is 2.47 bits per heavy atom. The van der Waals surface area contributed by atoms with E-state index in [1.54, 1.807) is 0 Å². The number of carbonyl (C=O) groups excluding carboxylic acids is 3. The zero-order valence-electron chi connectivity index (χ0n) is 10.8. The Kier molecular flexibility index (Phi) is 2.76. The molecule has 104 valence electrons. The van der Waals surface area contributed by atoms with Crippen LogP contribution in [0.25, 0.3) is 0 Å². The third-order valence-corrected chi connectivity index (χ3v) is 4.46. The van der Waals surface area contributed by atoms with Crippen LogP contribution in [0.3, 0.4) is 0 Å². The number of rotatable bonds is 2. The fourth-order valence-electron chi connectivity index (χ4n) is 4.02. The first-order valence-electron chi connectivity index (χ1n) is 6.50. The molecule has 0 radical (unpaired) electrons. The monoisotopic (exact) mass is 268 g/mol. The molecule has 6 nitrogen and oxygen atoms in total. The smallest absolute Gasteiger partial charge is 0.309 e. The van der Waals surface area contributed by atoms with E-state index in [4.69, 9.17) is 14.2 Å². The molecule has 0 aromatic heterocycles. The van der Waals surface area contributed by atoms with Crippen LogP contribution in [0.5, 0.6) is 0 Å². The lowest BCUT2D eigenvalue weighted by molar-refractivity contribution is -0.155. The highest BCUT2D eigenvalue weighted by molar-refractivity contribution is 5.77. The average molecular weight is 268 g/mol. The van der Waals surface area contributed by atoms with Gasteiger partial charge in [-0.05, 0) is 6.42 Å². The van der Waals surface area contributed by atoms with Gasteiger partial charge in [-0.3, -0.25) is 14.4 Å². The molecule has 2 saturated carbocycles. The Morgan fingerprint density at radius 2 is 1.84 bits per heavy atom. The standard InChI is InChI=1S/C13H16O6/c1-5(14)18-9-3-7-10-8(4-17-13(10)16)11(9)12(7)19-6(2)15/h7-12H,3-4H2,1-2H3/t7-,8+,9+,10+,11-,12-/m1/s1. The summed E-state index contributed by atoms with van der Waals surface area (Å²) < 4.78 is 15.7. The summed E-state index contributed by atoms with van der Waals surface area (Å²) in [7, 11) is 0. The van der Waals surface area contributed by atoms with Gasteiger partial charge in [0.05, 0.1) is 12.5 Å². The van der Waals surface area contributed by atoms with Gasteiger partial charge >= 0.3 is 17.9 Å². The number of carbonyl (C=O) groups is 3. The maximum absolute atomic E-state index is 11.7. The molecule has 19 heavy (non-hydrogen) atoms. The highest BCUT2D eigenvalue weighted by Crippen LogP contribution is 2.57. The van der Waals surface area contributed by atoms with E-state index in [2.05, 4.69) is 0 Å². The molecule has 0 spiro atoms. The molecular formula is C13H16O6. The molecule has 2 bridgehead atoms. The minimum Gasteiger partial charge on any atom is -0.465 e.